The van der Waals surface area contributed by atoms with Gasteiger partial charge in [-0.1, -0.05) is 25.8 Å². The van der Waals surface area contributed by atoms with Crippen LogP contribution in [-0.2, 0) is 12.0 Å². The second-order valence-electron chi connectivity index (χ2n) is 14.8. The van der Waals surface area contributed by atoms with Crippen molar-refractivity contribution in [1.29, 1.82) is 0 Å². The maximum absolute atomic E-state index is 10.1. The van der Waals surface area contributed by atoms with E-state index in [1.54, 1.807) is 19.2 Å². The number of phenolic OH excluding ortho intramolecular Hbond substituents is 1. The molecule has 1 N–H and O–H groups in total. The molecule has 2 heterocycles. The quantitative estimate of drug-likeness (QED) is 0.181. The highest BCUT2D eigenvalue weighted by atomic mass is 16.5. The summed E-state index contributed by atoms with van der Waals surface area (Å²) in [7, 11) is 1.74. The highest BCUT2D eigenvalue weighted by Gasteiger charge is 2.38. The lowest BCUT2D eigenvalue weighted by molar-refractivity contribution is -0.00893. The number of aryl methyl sites for hydroxylation is 3. The van der Waals surface area contributed by atoms with Gasteiger partial charge >= 0.3 is 0 Å². The minimum atomic E-state index is -0.396. The van der Waals surface area contributed by atoms with Crippen molar-refractivity contribution in [3.05, 3.63) is 76.9 Å². The van der Waals surface area contributed by atoms with Crippen LogP contribution in [0.15, 0.2) is 54.6 Å². The van der Waals surface area contributed by atoms with Gasteiger partial charge in [-0.2, -0.15) is 0 Å². The van der Waals surface area contributed by atoms with Gasteiger partial charge < -0.3 is 19.1 Å². The summed E-state index contributed by atoms with van der Waals surface area (Å²) in [5.41, 5.74) is 8.03. The molecule has 0 amide bonds. The van der Waals surface area contributed by atoms with Gasteiger partial charge in [0.05, 0.1) is 23.9 Å². The van der Waals surface area contributed by atoms with Crippen LogP contribution in [-0.4, -0.2) is 45.4 Å². The number of nitrogens with zero attached hydrogens (tertiary/aromatic N) is 2. The predicted molar refractivity (Wildman–Crippen MR) is 601 cm³/mol. The third kappa shape index (κ3) is 6.15. The average molecular weight is 1010 g/mol. The second-order valence-corrected chi connectivity index (χ2v) is 14.8. The fourth-order valence-corrected chi connectivity index (χ4v) is 8.43. The largest absolute Gasteiger partial charge is 0.508 e. The standard InChI is InChI=1S/C41H56N2O3.193H2/c1-12-34-35-25-38(45-11)27(3)24-37(35)43(39(34)31-16-18-32(44)19-17-31)41(9,10)36-21-20-33(23-26(36)2)46-30(6)29(5)42-28(4)15-13-14-22-40(42,7)8;;;;;;;;;;;;;;;;;;;;;;;;;;;;;;;;;;;;;;;;;;;;;;;;;;;;;;;;;;;;;;;;;;;;;;;;;;;;;;;;;;;;;;;;;;;;;;;;;;;;;;;;;;;;;;;;;;;;;;;;;;;;;;;;;;;;;;;;;;;;;;;;;;;;;;;;;;;;;;;;;;;;;;;;;;;;;;;;;;;;;;;;;;;;;;;;;/h16-21,23-25,28-30,44H,12-15,22H2,1-11H3;193*1H. The number of benzene rings is 3. The molecule has 5 rings (SSSR count). The Morgan fingerprint density at radius 2 is 1.70 bits per heavy atom. The molecule has 1 aliphatic rings. The van der Waals surface area contributed by atoms with E-state index in [0.29, 0.717) is 12.1 Å². The molecule has 46 heavy (non-hydrogen) atoms. The molecule has 1 saturated heterocycles. The summed E-state index contributed by atoms with van der Waals surface area (Å²) in [6, 6.07) is 19.5. The molecule has 634 valence electrons. The number of aromatic nitrogens is 1. The van der Waals surface area contributed by atoms with Crippen LogP contribution in [0.2, 0.25) is 0 Å². The Kier molecular flexibility index (Phi) is 9.57. The summed E-state index contributed by atoms with van der Waals surface area (Å²) < 4.78 is 15.0. The number of likely N-dealkylation sites (tertiary alicyclic amines) is 1. The van der Waals surface area contributed by atoms with Gasteiger partial charge in [0, 0.05) is 298 Å². The van der Waals surface area contributed by atoms with Crippen molar-refractivity contribution < 1.29 is 290 Å². The van der Waals surface area contributed by atoms with Crippen molar-refractivity contribution in [3.63, 3.8) is 0 Å². The van der Waals surface area contributed by atoms with Gasteiger partial charge in [0.1, 0.15) is 23.4 Å². The lowest BCUT2D eigenvalue weighted by Gasteiger charge is -2.46. The van der Waals surface area contributed by atoms with E-state index in [1.807, 2.05) is 12.1 Å². The minimum absolute atomic E-state index is 0. The van der Waals surface area contributed by atoms with Crippen molar-refractivity contribution in [1.82, 2.24) is 9.47 Å². The van der Waals surface area contributed by atoms with Crippen LogP contribution in [0.25, 0.3) is 22.2 Å². The van der Waals surface area contributed by atoms with Crippen molar-refractivity contribution >= 4 is 10.9 Å². The molecule has 0 bridgehead atoms. The van der Waals surface area contributed by atoms with Crippen LogP contribution < -0.4 is 9.47 Å². The smallest absolute Gasteiger partial charge is 0.122 e. The zero-order valence-corrected chi connectivity index (χ0v) is 30.1. The van der Waals surface area contributed by atoms with Crippen LogP contribution in [0.1, 0.15) is 379 Å². The molecule has 0 spiro atoms. The summed E-state index contributed by atoms with van der Waals surface area (Å²) in [4.78, 5) is 2.71. The van der Waals surface area contributed by atoms with Crippen molar-refractivity contribution in [2.75, 3.05) is 7.11 Å². The third-order valence-corrected chi connectivity index (χ3v) is 10.8. The number of hydrogen-bond acceptors (Lipinski definition) is 4. The molecule has 0 radical (unpaired) electrons. The Hall–Kier alpha value is -3.44. The first-order chi connectivity index (χ1) is 21.7. The molecule has 3 unspecified atom stereocenters. The van der Waals surface area contributed by atoms with E-state index in [0.717, 1.165) is 29.0 Å². The lowest BCUT2D eigenvalue weighted by Crippen LogP contribution is -2.56. The van der Waals surface area contributed by atoms with E-state index < -0.39 is 5.54 Å². The highest BCUT2D eigenvalue weighted by molar-refractivity contribution is 5.94. The maximum atomic E-state index is 10.1. The van der Waals surface area contributed by atoms with Crippen LogP contribution in [0.5, 0.6) is 17.2 Å². The number of fused-ring (bicyclic) bond motifs is 1. The van der Waals surface area contributed by atoms with Crippen LogP contribution in [0, 0.1) is 13.8 Å². The zero-order chi connectivity index (χ0) is 33.6. The molecule has 1 fully saturated rings. The summed E-state index contributed by atoms with van der Waals surface area (Å²) in [5, 5.41) is 11.3. The monoisotopic (exact) mass is 1010 g/mol. The highest BCUT2D eigenvalue weighted by Crippen LogP contribution is 2.44. The van der Waals surface area contributed by atoms with Gasteiger partial charge in [-0.15, -0.1) is 0 Å². The van der Waals surface area contributed by atoms with E-state index >= 15 is 0 Å². The Morgan fingerprint density at radius 1 is 1.00 bits per heavy atom. The van der Waals surface area contributed by atoms with Crippen LogP contribution in [0.3, 0.4) is 0 Å². The number of rotatable bonds is 9. The van der Waals surface area contributed by atoms with Crippen LogP contribution in [0.4, 0.5) is 0 Å². The summed E-state index contributed by atoms with van der Waals surface area (Å²) in [5.74, 6) is 2.08. The molecule has 3 aromatic carbocycles. The van der Waals surface area contributed by atoms with E-state index in [2.05, 4.69) is 109 Å². The Balaban J connectivity index is -0.000000000693. The molecule has 0 aliphatic carbocycles. The molecular formula is C41H442N2O3. The fourth-order valence-electron chi connectivity index (χ4n) is 8.43. The minimum Gasteiger partial charge on any atom is -0.508 e. The zero-order valence-electron chi connectivity index (χ0n) is 30.1. The van der Waals surface area contributed by atoms with E-state index in [1.165, 1.54) is 59.0 Å². The summed E-state index contributed by atoms with van der Waals surface area (Å²) >= 11 is 0. The van der Waals surface area contributed by atoms with Gasteiger partial charge in [0.25, 0.3) is 0 Å². The first-order valence-corrected chi connectivity index (χ1v) is 17.3. The van der Waals surface area contributed by atoms with E-state index in [-0.39, 0.29) is 293 Å². The SMILES string of the molecule is CCc1c(-c2ccc(O)cc2)n(C(C)(C)c2ccc(OC(C)C(C)N3C(C)CCCCC3(C)C)cc2C)c2cc(C)c(OC)cc12.[HH].[HH].[HH].[HH].[HH].[HH].[HH].[HH].[HH].[HH].[HH].[HH].[HH].[HH].[HH].[HH].[HH].[HH].[HH].[HH].[HH].[HH].[HH].[HH].[HH].[HH].[HH].[HH].[HH].[HH].[HH].[HH].[HH].[HH].[HH].[HH].[HH].[HH].[HH].[HH].[HH].[HH].[HH].[HH].[HH].[HH].[HH].[HH].[HH].[HH].[HH].[HH].[HH].[HH].[HH].[HH].[HH].[HH].[HH].[HH].[HH].[HH].[HH].[HH].[HH].[HH].[HH].[HH].[HH].[HH].[HH].[HH].[HH].[HH].[HH].[HH].[HH].[HH].[HH].[HH].[HH].[HH].[HH].[HH].[HH].[HH].[HH].[HH].[HH].[HH].[HH].[HH].[HH].[HH].[HH].[HH].[HH].[HH].[HH].[HH].[HH].[HH].[HH].[HH].[HH].[HH].[HH].[HH].[HH].[HH].[HH].[HH].[HH].[HH].[HH].[HH].[HH].[HH].[HH].[HH].[HH].[HH].[HH].[HH].[HH].[HH].[HH].[HH].[HH].[HH].[HH].[HH].[HH].[HH].[HH].[HH].[HH].[HH].[HH].[HH].[HH].[HH].[HH].[HH].[HH].[HH].[HH].[HH].[HH].[HH].[HH].[HH].[HH].[HH].[HH].[HH].[HH].[HH].[HH].[HH].[HH].[HH].[HH].[HH].[HH].[HH].[HH].[HH].[HH].[HH].[HH].[HH].[HH].[HH].[HH].[HH].[HH].[HH].[HH].[HH].[HH].[HH].[HH].[HH].[HH].[HH].[HH].[HH].[HH].[HH].[HH].[HH].[HH]. The lowest BCUT2D eigenvalue weighted by atomic mass is 9.89. The van der Waals surface area contributed by atoms with Crippen molar-refractivity contribution in [3.8, 4) is 28.5 Å². The molecular weight excluding hydrogens is 568 g/mol. The normalized spacial score (nSPS) is 18.7. The Bertz CT molecular complexity index is 1850. The van der Waals surface area contributed by atoms with Crippen LogP contribution >= 0.6 is 0 Å². The molecule has 5 heteroatoms. The third-order valence-electron chi connectivity index (χ3n) is 10.8. The molecule has 4 aromatic rings. The molecule has 1 aliphatic heterocycles. The summed E-state index contributed by atoms with van der Waals surface area (Å²) in [6.07, 6.45) is 6.00. The number of phenols is 1. The number of hydrogen-bond donors (Lipinski definition) is 1. The predicted octanol–water partition coefficient (Wildman–Crippen LogP) is 57.7. The molecule has 1 aromatic heterocycles. The van der Waals surface area contributed by atoms with Gasteiger partial charge in [-0.3, -0.25) is 4.90 Å². The van der Waals surface area contributed by atoms with E-state index in [9.17, 15) is 5.11 Å². The molecule has 0 saturated carbocycles. The molecule has 5 nitrogen and oxygen atoms in total. The van der Waals surface area contributed by atoms with Gasteiger partial charge in [0.2, 0.25) is 0 Å². The van der Waals surface area contributed by atoms with Crippen molar-refractivity contribution in [2.24, 2.45) is 0 Å². The molecule has 3 atom stereocenters. The fraction of sp³-hybridized carbons (Fsp3) is 0.512. The number of methoxy groups -OCH3 is 1. The first-order valence-electron chi connectivity index (χ1n) is 17.3. The van der Waals surface area contributed by atoms with Crippen molar-refractivity contribution in [2.45, 2.75) is 131 Å². The first kappa shape index (κ1) is 33.9. The number of aromatic hydroxyl groups is 1. The second kappa shape index (κ2) is 13.0. The van der Waals surface area contributed by atoms with Gasteiger partial charge in [-0.05, 0) is 158 Å². The van der Waals surface area contributed by atoms with Gasteiger partial charge in [-0.25, -0.2) is 0 Å². The Morgan fingerprint density at radius 3 is 2.33 bits per heavy atom. The number of ether oxygens (including phenoxy) is 2. The topological polar surface area (TPSA) is 46.9 Å². The maximum Gasteiger partial charge on any atom is 0.122 e. The summed E-state index contributed by atoms with van der Waals surface area (Å²) in [6.45, 7) is 22.9. The average Bonchev–Trinajstić information content (AvgIpc) is 3.24. The Labute approximate surface area is 564 Å². The van der Waals surface area contributed by atoms with E-state index in [4.69, 9.17) is 9.47 Å². The van der Waals surface area contributed by atoms with Gasteiger partial charge in [0.15, 0.2) is 0 Å².